The summed E-state index contributed by atoms with van der Waals surface area (Å²) in [7, 11) is -6.94. The third-order valence-electron chi connectivity index (χ3n) is 3.04. The molecule has 0 unspecified atom stereocenters. The van der Waals surface area contributed by atoms with Crippen molar-refractivity contribution >= 4 is 31.2 Å². The standard InChI is InChI=1S/C12H18N2O4S2/c1-19(15,16)7-8-20(17,18)14-11-4-5-12-10(9-11)3-2-6-13-12/h4-5,9,13-14H,2-3,6-8H2,1H3. The van der Waals surface area contributed by atoms with Crippen molar-refractivity contribution in [1.82, 2.24) is 0 Å². The minimum Gasteiger partial charge on any atom is -0.385 e. The van der Waals surface area contributed by atoms with E-state index in [9.17, 15) is 16.8 Å². The van der Waals surface area contributed by atoms with Crippen molar-refractivity contribution < 1.29 is 16.8 Å². The molecule has 1 aliphatic rings. The Bertz CT molecular complexity index is 696. The number of sulfone groups is 1. The van der Waals surface area contributed by atoms with E-state index < -0.39 is 25.6 Å². The van der Waals surface area contributed by atoms with Gasteiger partial charge in [-0.3, -0.25) is 4.72 Å². The number of hydrogen-bond acceptors (Lipinski definition) is 5. The lowest BCUT2D eigenvalue weighted by molar-refractivity contribution is 0.593. The zero-order valence-electron chi connectivity index (χ0n) is 11.2. The lowest BCUT2D eigenvalue weighted by Crippen LogP contribution is -2.22. The molecule has 0 saturated heterocycles. The van der Waals surface area contributed by atoms with Gasteiger partial charge in [0.15, 0.2) is 0 Å². The summed E-state index contributed by atoms with van der Waals surface area (Å²) in [5.41, 5.74) is 2.57. The second-order valence-corrected chi connectivity index (χ2v) is 9.05. The molecule has 0 saturated carbocycles. The Labute approximate surface area is 119 Å². The number of aryl methyl sites for hydroxylation is 1. The van der Waals surface area contributed by atoms with E-state index in [0.717, 1.165) is 36.9 Å². The van der Waals surface area contributed by atoms with Crippen LogP contribution in [0.5, 0.6) is 0 Å². The maximum Gasteiger partial charge on any atom is 0.233 e. The molecule has 20 heavy (non-hydrogen) atoms. The van der Waals surface area contributed by atoms with Crippen LogP contribution in [0.15, 0.2) is 18.2 Å². The molecule has 0 radical (unpaired) electrons. The van der Waals surface area contributed by atoms with E-state index in [4.69, 9.17) is 0 Å². The van der Waals surface area contributed by atoms with E-state index in [2.05, 4.69) is 10.0 Å². The van der Waals surface area contributed by atoms with Crippen molar-refractivity contribution in [3.8, 4) is 0 Å². The smallest absolute Gasteiger partial charge is 0.233 e. The van der Waals surface area contributed by atoms with Gasteiger partial charge in [0.2, 0.25) is 10.0 Å². The van der Waals surface area contributed by atoms with Crippen molar-refractivity contribution in [2.45, 2.75) is 12.8 Å². The summed E-state index contributed by atoms with van der Waals surface area (Å²) < 4.78 is 48.1. The van der Waals surface area contributed by atoms with Gasteiger partial charge in [-0.1, -0.05) is 0 Å². The predicted molar refractivity (Wildman–Crippen MR) is 80.4 cm³/mol. The number of hydrogen-bond donors (Lipinski definition) is 2. The normalized spacial score (nSPS) is 15.2. The van der Waals surface area contributed by atoms with Crippen molar-refractivity contribution in [3.05, 3.63) is 23.8 Å². The number of anilines is 2. The van der Waals surface area contributed by atoms with Crippen LogP contribution in [0, 0.1) is 0 Å². The van der Waals surface area contributed by atoms with Crippen LogP contribution in [-0.4, -0.2) is 41.1 Å². The topological polar surface area (TPSA) is 92.3 Å². The van der Waals surface area contributed by atoms with Gasteiger partial charge < -0.3 is 5.32 Å². The minimum absolute atomic E-state index is 0.380. The Balaban J connectivity index is 2.09. The monoisotopic (exact) mass is 318 g/mol. The first-order valence-corrected chi connectivity index (χ1v) is 10.0. The summed E-state index contributed by atoms with van der Waals surface area (Å²) in [5, 5.41) is 3.24. The van der Waals surface area contributed by atoms with Crippen molar-refractivity contribution in [3.63, 3.8) is 0 Å². The highest BCUT2D eigenvalue weighted by molar-refractivity contribution is 7.95. The molecule has 1 heterocycles. The zero-order chi connectivity index (χ0) is 14.8. The van der Waals surface area contributed by atoms with E-state index in [0.29, 0.717) is 5.69 Å². The van der Waals surface area contributed by atoms with Gasteiger partial charge in [0.1, 0.15) is 9.84 Å². The molecule has 0 spiro atoms. The highest BCUT2D eigenvalue weighted by Gasteiger charge is 2.16. The van der Waals surface area contributed by atoms with Crippen LogP contribution in [0.1, 0.15) is 12.0 Å². The average molecular weight is 318 g/mol. The number of fused-ring (bicyclic) bond motifs is 1. The molecule has 1 aromatic carbocycles. The molecular formula is C12H18N2O4S2. The van der Waals surface area contributed by atoms with Crippen molar-refractivity contribution in [1.29, 1.82) is 0 Å². The molecule has 0 aromatic heterocycles. The summed E-state index contributed by atoms with van der Waals surface area (Å²) in [6.07, 6.45) is 2.94. The van der Waals surface area contributed by atoms with Crippen LogP contribution in [0.4, 0.5) is 11.4 Å². The van der Waals surface area contributed by atoms with Crippen LogP contribution in [0.2, 0.25) is 0 Å². The average Bonchev–Trinajstić information content (AvgIpc) is 2.35. The molecule has 6 nitrogen and oxygen atoms in total. The first-order valence-electron chi connectivity index (χ1n) is 6.30. The van der Waals surface area contributed by atoms with Crippen molar-refractivity contribution in [2.24, 2.45) is 0 Å². The minimum atomic E-state index is -3.64. The maximum atomic E-state index is 11.8. The summed E-state index contributed by atoms with van der Waals surface area (Å²) >= 11 is 0. The van der Waals surface area contributed by atoms with E-state index in [1.165, 1.54) is 0 Å². The number of rotatable bonds is 5. The molecule has 1 aliphatic heterocycles. The molecule has 8 heteroatoms. The fourth-order valence-corrected chi connectivity index (χ4v) is 4.71. The van der Waals surface area contributed by atoms with Gasteiger partial charge in [-0.15, -0.1) is 0 Å². The highest BCUT2D eigenvalue weighted by atomic mass is 32.2. The lowest BCUT2D eigenvalue weighted by Gasteiger charge is -2.19. The Morgan fingerprint density at radius 2 is 1.95 bits per heavy atom. The third kappa shape index (κ3) is 4.38. The Kier molecular flexibility index (Phi) is 4.24. The summed E-state index contributed by atoms with van der Waals surface area (Å²) in [6, 6.07) is 5.30. The van der Waals surface area contributed by atoms with Gasteiger partial charge in [0.25, 0.3) is 0 Å². The summed E-state index contributed by atoms with van der Waals surface area (Å²) in [6.45, 7) is 0.923. The second-order valence-electron chi connectivity index (χ2n) is 4.95. The van der Waals surface area contributed by atoms with Gasteiger partial charge >= 0.3 is 0 Å². The van der Waals surface area contributed by atoms with E-state index >= 15 is 0 Å². The maximum absolute atomic E-state index is 11.8. The number of sulfonamides is 1. The van der Waals surface area contributed by atoms with Crippen LogP contribution in [-0.2, 0) is 26.3 Å². The number of benzene rings is 1. The molecule has 0 atom stereocenters. The second kappa shape index (κ2) is 5.61. The van der Waals surface area contributed by atoms with E-state index in [1.807, 2.05) is 6.07 Å². The fraction of sp³-hybridized carbons (Fsp3) is 0.500. The van der Waals surface area contributed by atoms with Gasteiger partial charge in [0, 0.05) is 24.2 Å². The zero-order valence-corrected chi connectivity index (χ0v) is 12.9. The Morgan fingerprint density at radius 1 is 1.20 bits per heavy atom. The SMILES string of the molecule is CS(=O)(=O)CCS(=O)(=O)Nc1ccc2c(c1)CCCN2. The molecule has 0 amide bonds. The van der Waals surface area contributed by atoms with Crippen LogP contribution < -0.4 is 10.0 Å². The number of nitrogens with one attached hydrogen (secondary N) is 2. The van der Waals surface area contributed by atoms with E-state index in [1.54, 1.807) is 12.1 Å². The van der Waals surface area contributed by atoms with Crippen LogP contribution >= 0.6 is 0 Å². The molecule has 112 valence electrons. The Hall–Kier alpha value is -1.28. The van der Waals surface area contributed by atoms with Crippen LogP contribution in [0.25, 0.3) is 0 Å². The third-order valence-corrected chi connectivity index (χ3v) is 5.53. The molecule has 0 fully saturated rings. The van der Waals surface area contributed by atoms with Gasteiger partial charge in [-0.2, -0.15) is 0 Å². The molecular weight excluding hydrogens is 300 g/mol. The lowest BCUT2D eigenvalue weighted by atomic mass is 10.0. The van der Waals surface area contributed by atoms with Crippen LogP contribution in [0.3, 0.4) is 0 Å². The molecule has 2 N–H and O–H groups in total. The molecule has 0 aliphatic carbocycles. The first-order chi connectivity index (χ1) is 9.25. The molecule has 2 rings (SSSR count). The van der Waals surface area contributed by atoms with Gasteiger partial charge in [-0.25, -0.2) is 16.8 Å². The van der Waals surface area contributed by atoms with Gasteiger partial charge in [-0.05, 0) is 36.6 Å². The van der Waals surface area contributed by atoms with Gasteiger partial charge in [0.05, 0.1) is 11.5 Å². The summed E-state index contributed by atoms with van der Waals surface area (Å²) in [4.78, 5) is 0. The molecule has 1 aromatic rings. The largest absolute Gasteiger partial charge is 0.385 e. The quantitative estimate of drug-likeness (QED) is 0.839. The summed E-state index contributed by atoms with van der Waals surface area (Å²) in [5.74, 6) is -0.810. The van der Waals surface area contributed by atoms with E-state index in [-0.39, 0.29) is 5.75 Å². The predicted octanol–water partition coefficient (Wildman–Crippen LogP) is 0.831. The van der Waals surface area contributed by atoms with Crippen molar-refractivity contribution in [2.75, 3.05) is 34.3 Å². The first kappa shape index (κ1) is 15.1. The fourth-order valence-electron chi connectivity index (χ4n) is 2.03. The Morgan fingerprint density at radius 3 is 2.65 bits per heavy atom. The highest BCUT2D eigenvalue weighted by Crippen LogP contribution is 2.25. The molecule has 0 bridgehead atoms.